The van der Waals surface area contributed by atoms with Crippen molar-refractivity contribution < 1.29 is 14.4 Å². The predicted octanol–water partition coefficient (Wildman–Crippen LogP) is 3.48. The highest BCUT2D eigenvalue weighted by molar-refractivity contribution is 5.92. The second kappa shape index (κ2) is 14.0. The molecule has 6 heteroatoms. The van der Waals surface area contributed by atoms with Gasteiger partial charge in [0.1, 0.15) is 11.8 Å². The molecular formula is C26H43N3O3. The Morgan fingerprint density at radius 3 is 2.06 bits per heavy atom. The van der Waals surface area contributed by atoms with Crippen LogP contribution in [0.3, 0.4) is 0 Å². The highest BCUT2D eigenvalue weighted by atomic mass is 16.2. The zero-order chi connectivity index (χ0) is 24.3. The van der Waals surface area contributed by atoms with E-state index < -0.39 is 18.0 Å². The number of benzene rings is 1. The Kier molecular flexibility index (Phi) is 12.2. The number of amides is 2. The van der Waals surface area contributed by atoms with Gasteiger partial charge in [-0.05, 0) is 42.6 Å². The Labute approximate surface area is 194 Å². The average Bonchev–Trinajstić information content (AvgIpc) is 2.70. The maximum Gasteiger partial charge on any atom is 0.242 e. The van der Waals surface area contributed by atoms with Gasteiger partial charge in [-0.3, -0.25) is 14.4 Å². The smallest absolute Gasteiger partial charge is 0.242 e. The first-order valence-corrected chi connectivity index (χ1v) is 11.9. The van der Waals surface area contributed by atoms with E-state index in [1.54, 1.807) is 0 Å². The molecule has 1 aromatic carbocycles. The van der Waals surface area contributed by atoms with Gasteiger partial charge in [-0.15, -0.1) is 0 Å². The molecule has 0 unspecified atom stereocenters. The number of nitrogens with one attached hydrogen (secondary N) is 2. The predicted molar refractivity (Wildman–Crippen MR) is 130 cm³/mol. The Morgan fingerprint density at radius 2 is 1.53 bits per heavy atom. The number of hydrogen-bond acceptors (Lipinski definition) is 4. The molecule has 6 nitrogen and oxygen atoms in total. The molecule has 180 valence electrons. The van der Waals surface area contributed by atoms with Gasteiger partial charge in [0.2, 0.25) is 11.8 Å². The lowest BCUT2D eigenvalue weighted by atomic mass is 9.89. The van der Waals surface area contributed by atoms with Crippen LogP contribution < -0.4 is 16.4 Å². The van der Waals surface area contributed by atoms with E-state index in [9.17, 15) is 14.4 Å². The molecule has 0 heterocycles. The average molecular weight is 446 g/mol. The summed E-state index contributed by atoms with van der Waals surface area (Å²) in [5.74, 6) is -0.444. The first kappa shape index (κ1) is 27.8. The summed E-state index contributed by atoms with van der Waals surface area (Å²) in [6.07, 6.45) is 1.95. The third-order valence-electron chi connectivity index (χ3n) is 5.55. The Balaban J connectivity index is 2.93. The molecule has 0 fully saturated rings. The zero-order valence-corrected chi connectivity index (χ0v) is 20.7. The molecule has 1 aromatic rings. The van der Waals surface area contributed by atoms with Crippen LogP contribution in [-0.2, 0) is 20.8 Å². The van der Waals surface area contributed by atoms with E-state index in [0.29, 0.717) is 31.2 Å². The highest BCUT2D eigenvalue weighted by Crippen LogP contribution is 2.17. The van der Waals surface area contributed by atoms with Gasteiger partial charge >= 0.3 is 0 Å². The van der Waals surface area contributed by atoms with Gasteiger partial charge in [0, 0.05) is 18.9 Å². The molecule has 0 aliphatic carbocycles. The summed E-state index contributed by atoms with van der Waals surface area (Å²) in [6, 6.07) is 8.40. The van der Waals surface area contributed by atoms with Crippen molar-refractivity contribution in [1.82, 2.24) is 10.6 Å². The molecule has 2 amide bonds. The van der Waals surface area contributed by atoms with Gasteiger partial charge in [-0.1, -0.05) is 71.9 Å². The summed E-state index contributed by atoms with van der Waals surface area (Å²) in [5, 5.41) is 5.85. The first-order valence-electron chi connectivity index (χ1n) is 11.9. The van der Waals surface area contributed by atoms with Crippen molar-refractivity contribution in [3.63, 3.8) is 0 Å². The second-order valence-corrected chi connectivity index (χ2v) is 10.00. The monoisotopic (exact) mass is 445 g/mol. The van der Waals surface area contributed by atoms with Gasteiger partial charge in [0.05, 0.1) is 6.04 Å². The van der Waals surface area contributed by atoms with Crippen molar-refractivity contribution >= 4 is 17.6 Å². The number of Topliss-reactive ketones (excluding diaryl/α,β-unsaturated/α-hetero) is 1. The van der Waals surface area contributed by atoms with Crippen molar-refractivity contribution in [3.05, 3.63) is 35.9 Å². The van der Waals surface area contributed by atoms with Gasteiger partial charge in [-0.2, -0.15) is 0 Å². The van der Waals surface area contributed by atoms with E-state index in [1.807, 2.05) is 58.0 Å². The fourth-order valence-corrected chi connectivity index (χ4v) is 3.59. The quantitative estimate of drug-likeness (QED) is 0.408. The topological polar surface area (TPSA) is 101 Å². The molecular weight excluding hydrogens is 402 g/mol. The molecule has 32 heavy (non-hydrogen) atoms. The minimum atomic E-state index is -0.646. The molecule has 4 N–H and O–H groups in total. The second-order valence-electron chi connectivity index (χ2n) is 10.00. The fourth-order valence-electron chi connectivity index (χ4n) is 3.59. The number of carbonyl (C=O) groups is 3. The minimum absolute atomic E-state index is 0.0639. The number of rotatable bonds is 14. The SMILES string of the molecule is CC(C)CCNC(=O)[C@@H](NC(=O)[C@@H](CC(=O)[C@@H](N)CC(C)C)Cc1ccccc1)C(C)C. The van der Waals surface area contributed by atoms with Crippen LogP contribution in [0.15, 0.2) is 30.3 Å². The summed E-state index contributed by atoms with van der Waals surface area (Å²) in [5.41, 5.74) is 7.06. The van der Waals surface area contributed by atoms with E-state index in [2.05, 4.69) is 24.5 Å². The highest BCUT2D eigenvalue weighted by Gasteiger charge is 2.30. The Hall–Kier alpha value is -2.21. The van der Waals surface area contributed by atoms with Gasteiger partial charge in [0.15, 0.2) is 0 Å². The summed E-state index contributed by atoms with van der Waals surface area (Å²) < 4.78 is 0. The lowest BCUT2D eigenvalue weighted by Gasteiger charge is -2.25. The molecule has 0 radical (unpaired) electrons. The van der Waals surface area contributed by atoms with Crippen LogP contribution in [0, 0.1) is 23.7 Å². The van der Waals surface area contributed by atoms with Gasteiger partial charge in [0.25, 0.3) is 0 Å². The molecule has 1 rings (SSSR count). The number of nitrogens with two attached hydrogens (primary N) is 1. The first-order chi connectivity index (χ1) is 15.0. The number of hydrogen-bond donors (Lipinski definition) is 3. The van der Waals surface area contributed by atoms with Crippen LogP contribution in [-0.4, -0.2) is 36.2 Å². The third-order valence-corrected chi connectivity index (χ3v) is 5.55. The summed E-state index contributed by atoms with van der Waals surface area (Å²) in [7, 11) is 0. The minimum Gasteiger partial charge on any atom is -0.354 e. The van der Waals surface area contributed by atoms with Gasteiger partial charge < -0.3 is 16.4 Å². The van der Waals surface area contributed by atoms with Crippen molar-refractivity contribution in [2.75, 3.05) is 6.54 Å². The van der Waals surface area contributed by atoms with Crippen molar-refractivity contribution in [3.8, 4) is 0 Å². The molecule has 0 aliphatic heterocycles. The number of ketones is 1. The Bertz CT molecular complexity index is 716. The summed E-state index contributed by atoms with van der Waals surface area (Å²) in [4.78, 5) is 38.7. The van der Waals surface area contributed by atoms with E-state index >= 15 is 0 Å². The van der Waals surface area contributed by atoms with E-state index in [4.69, 9.17) is 5.73 Å². The van der Waals surface area contributed by atoms with Crippen LogP contribution in [0.1, 0.15) is 66.4 Å². The molecule has 0 aromatic heterocycles. The maximum atomic E-state index is 13.2. The maximum absolute atomic E-state index is 13.2. The molecule has 0 spiro atoms. The Morgan fingerprint density at radius 1 is 0.906 bits per heavy atom. The molecule has 3 atom stereocenters. The summed E-state index contributed by atoms with van der Waals surface area (Å²) >= 11 is 0. The lowest BCUT2D eigenvalue weighted by Crippen LogP contribution is -2.52. The fraction of sp³-hybridized carbons (Fsp3) is 0.654. The summed E-state index contributed by atoms with van der Waals surface area (Å²) in [6.45, 7) is 12.6. The van der Waals surface area contributed by atoms with Crippen molar-refractivity contribution in [1.29, 1.82) is 0 Å². The van der Waals surface area contributed by atoms with Gasteiger partial charge in [-0.25, -0.2) is 0 Å². The third kappa shape index (κ3) is 10.4. The molecule has 0 bridgehead atoms. The van der Waals surface area contributed by atoms with Crippen LogP contribution in [0.4, 0.5) is 0 Å². The standard InChI is InChI=1S/C26H43N3O3/c1-17(2)12-13-28-26(32)24(19(5)6)29-25(31)21(15-20-10-8-7-9-11-20)16-23(30)22(27)14-18(3)4/h7-11,17-19,21-22,24H,12-16,27H2,1-6H3,(H,28,32)(H,29,31)/t21-,22+,24+/m1/s1. The largest absolute Gasteiger partial charge is 0.354 e. The molecule has 0 saturated heterocycles. The van der Waals surface area contributed by atoms with E-state index in [1.165, 1.54) is 0 Å². The van der Waals surface area contributed by atoms with Crippen molar-refractivity contribution in [2.24, 2.45) is 29.4 Å². The lowest BCUT2D eigenvalue weighted by molar-refractivity contribution is -0.134. The normalized spacial score (nSPS) is 14.3. The van der Waals surface area contributed by atoms with Crippen molar-refractivity contribution in [2.45, 2.75) is 79.3 Å². The van der Waals surface area contributed by atoms with E-state index in [0.717, 1.165) is 12.0 Å². The number of carbonyl (C=O) groups excluding carboxylic acids is 3. The van der Waals surface area contributed by atoms with Crippen LogP contribution in [0.2, 0.25) is 0 Å². The van der Waals surface area contributed by atoms with E-state index in [-0.39, 0.29) is 29.9 Å². The molecule has 0 aliphatic rings. The zero-order valence-electron chi connectivity index (χ0n) is 20.7. The van der Waals surface area contributed by atoms with Crippen LogP contribution in [0.25, 0.3) is 0 Å². The van der Waals surface area contributed by atoms with Crippen LogP contribution >= 0.6 is 0 Å². The molecule has 0 saturated carbocycles. The van der Waals surface area contributed by atoms with Crippen LogP contribution in [0.5, 0.6) is 0 Å².